The minimum absolute atomic E-state index is 0.173. The molecule has 0 heterocycles. The Hall–Kier alpha value is -1.06. The number of carbonyl (C=O) groups excluding carboxylic acids is 1. The van der Waals surface area contributed by atoms with E-state index in [4.69, 9.17) is 16.3 Å². The Balaban J connectivity index is 2.89. The van der Waals surface area contributed by atoms with E-state index in [-0.39, 0.29) is 5.91 Å². The molecule has 88 valence electrons. The third-order valence-electron chi connectivity index (χ3n) is 2.21. The average molecular weight is 242 g/mol. The molecule has 0 aliphatic heterocycles. The summed E-state index contributed by atoms with van der Waals surface area (Å²) in [5.41, 5.74) is 1.74. The Morgan fingerprint density at radius 3 is 2.81 bits per heavy atom. The molecule has 0 aromatic heterocycles. The Labute approximate surface area is 101 Å². The first kappa shape index (κ1) is 13.0. The van der Waals surface area contributed by atoms with Gasteiger partial charge >= 0.3 is 0 Å². The number of hydrogen-bond donors (Lipinski definition) is 1. The van der Waals surface area contributed by atoms with E-state index in [1.165, 1.54) is 0 Å². The number of halogens is 1. The summed E-state index contributed by atoms with van der Waals surface area (Å²) < 4.78 is 5.07. The lowest BCUT2D eigenvalue weighted by atomic mass is 10.0. The maximum absolute atomic E-state index is 11.6. The predicted octanol–water partition coefficient (Wildman–Crippen LogP) is 2.25. The molecule has 0 aliphatic carbocycles. The zero-order valence-corrected chi connectivity index (χ0v) is 10.3. The second kappa shape index (κ2) is 6.51. The molecule has 0 saturated carbocycles. The zero-order valence-electron chi connectivity index (χ0n) is 9.50. The number of hydrogen-bond acceptors (Lipinski definition) is 2. The molecule has 1 aromatic carbocycles. The van der Waals surface area contributed by atoms with E-state index < -0.39 is 5.38 Å². The van der Waals surface area contributed by atoms with Gasteiger partial charge < -0.3 is 10.1 Å². The van der Waals surface area contributed by atoms with Crippen molar-refractivity contribution in [1.29, 1.82) is 0 Å². The lowest BCUT2D eigenvalue weighted by molar-refractivity contribution is -0.120. The van der Waals surface area contributed by atoms with E-state index in [0.717, 1.165) is 11.1 Å². The van der Waals surface area contributed by atoms with Crippen molar-refractivity contribution in [3.63, 3.8) is 0 Å². The highest BCUT2D eigenvalue weighted by atomic mass is 35.5. The monoisotopic (exact) mass is 241 g/mol. The van der Waals surface area contributed by atoms with E-state index in [1.807, 2.05) is 31.2 Å². The number of rotatable bonds is 5. The maximum atomic E-state index is 11.6. The topological polar surface area (TPSA) is 38.3 Å². The number of likely N-dealkylation sites (N-methyl/N-ethyl adjacent to an activating group) is 1. The smallest absolute Gasteiger partial charge is 0.242 e. The minimum atomic E-state index is -0.661. The van der Waals surface area contributed by atoms with Gasteiger partial charge in [-0.1, -0.05) is 24.3 Å². The highest BCUT2D eigenvalue weighted by Crippen LogP contribution is 2.24. The van der Waals surface area contributed by atoms with Crippen LogP contribution in [0.25, 0.3) is 0 Å². The van der Waals surface area contributed by atoms with Gasteiger partial charge in [0.05, 0.1) is 6.61 Å². The predicted molar refractivity (Wildman–Crippen MR) is 64.4 cm³/mol. The van der Waals surface area contributed by atoms with E-state index in [9.17, 15) is 4.79 Å². The molecule has 0 spiro atoms. The summed E-state index contributed by atoms with van der Waals surface area (Å²) in [4.78, 5) is 11.6. The SMILES string of the molecule is CCNC(=O)C(Cl)c1ccccc1COC. The Morgan fingerprint density at radius 2 is 2.19 bits per heavy atom. The van der Waals surface area contributed by atoms with E-state index in [2.05, 4.69) is 5.32 Å². The number of alkyl halides is 1. The van der Waals surface area contributed by atoms with Crippen LogP contribution in [0, 0.1) is 0 Å². The first-order valence-electron chi connectivity index (χ1n) is 5.19. The van der Waals surface area contributed by atoms with Crippen molar-refractivity contribution < 1.29 is 9.53 Å². The molecule has 1 rings (SSSR count). The molecule has 16 heavy (non-hydrogen) atoms. The summed E-state index contributed by atoms with van der Waals surface area (Å²) in [5, 5.41) is 2.04. The van der Waals surface area contributed by atoms with Crippen molar-refractivity contribution >= 4 is 17.5 Å². The van der Waals surface area contributed by atoms with Crippen molar-refractivity contribution in [2.24, 2.45) is 0 Å². The molecule has 0 saturated heterocycles. The highest BCUT2D eigenvalue weighted by Gasteiger charge is 2.19. The highest BCUT2D eigenvalue weighted by molar-refractivity contribution is 6.30. The van der Waals surface area contributed by atoms with Crippen molar-refractivity contribution in [2.45, 2.75) is 18.9 Å². The van der Waals surface area contributed by atoms with E-state index >= 15 is 0 Å². The maximum Gasteiger partial charge on any atom is 0.242 e. The fourth-order valence-electron chi connectivity index (χ4n) is 1.47. The third kappa shape index (κ3) is 3.22. The van der Waals surface area contributed by atoms with Gasteiger partial charge in [-0.25, -0.2) is 0 Å². The summed E-state index contributed by atoms with van der Waals surface area (Å²) in [5.74, 6) is -0.173. The van der Waals surface area contributed by atoms with Crippen LogP contribution in [-0.2, 0) is 16.1 Å². The standard InChI is InChI=1S/C12H16ClNO2/c1-3-14-12(15)11(13)10-7-5-4-6-9(10)8-16-2/h4-7,11H,3,8H2,1-2H3,(H,14,15). The van der Waals surface area contributed by atoms with Gasteiger partial charge in [0.1, 0.15) is 5.38 Å². The van der Waals surface area contributed by atoms with Crippen LogP contribution in [0.1, 0.15) is 23.4 Å². The summed E-state index contributed by atoms with van der Waals surface area (Å²) in [7, 11) is 1.62. The number of methoxy groups -OCH3 is 1. The van der Waals surface area contributed by atoms with Gasteiger partial charge in [-0.15, -0.1) is 11.6 Å². The fourth-order valence-corrected chi connectivity index (χ4v) is 1.76. The van der Waals surface area contributed by atoms with Crippen LogP contribution in [0.15, 0.2) is 24.3 Å². The summed E-state index contributed by atoms with van der Waals surface area (Å²) in [6.07, 6.45) is 0. The summed E-state index contributed by atoms with van der Waals surface area (Å²) >= 11 is 6.11. The summed E-state index contributed by atoms with van der Waals surface area (Å²) in [6.45, 7) is 2.90. The summed E-state index contributed by atoms with van der Waals surface area (Å²) in [6, 6.07) is 7.52. The molecule has 1 amide bonds. The minimum Gasteiger partial charge on any atom is -0.380 e. The van der Waals surface area contributed by atoms with Gasteiger partial charge in [0.25, 0.3) is 0 Å². The fraction of sp³-hybridized carbons (Fsp3) is 0.417. The van der Waals surface area contributed by atoms with Gasteiger partial charge in [0, 0.05) is 13.7 Å². The van der Waals surface area contributed by atoms with E-state index in [1.54, 1.807) is 7.11 Å². The first-order chi connectivity index (χ1) is 7.70. The van der Waals surface area contributed by atoms with Crippen molar-refractivity contribution in [1.82, 2.24) is 5.32 Å². The second-order valence-electron chi connectivity index (χ2n) is 3.39. The molecule has 0 bridgehead atoms. The second-order valence-corrected chi connectivity index (χ2v) is 3.83. The molecule has 1 aromatic rings. The largest absolute Gasteiger partial charge is 0.380 e. The Bertz CT molecular complexity index is 355. The zero-order chi connectivity index (χ0) is 12.0. The van der Waals surface area contributed by atoms with Crippen LogP contribution >= 0.6 is 11.6 Å². The molecular weight excluding hydrogens is 226 g/mol. The number of nitrogens with one attached hydrogen (secondary N) is 1. The van der Waals surface area contributed by atoms with Crippen LogP contribution in [0.5, 0.6) is 0 Å². The van der Waals surface area contributed by atoms with Crippen LogP contribution < -0.4 is 5.32 Å². The van der Waals surface area contributed by atoms with Crippen molar-refractivity contribution in [2.75, 3.05) is 13.7 Å². The molecular formula is C12H16ClNO2. The molecule has 0 radical (unpaired) electrons. The van der Waals surface area contributed by atoms with Crippen LogP contribution in [0.4, 0.5) is 0 Å². The molecule has 1 atom stereocenters. The van der Waals surface area contributed by atoms with Crippen LogP contribution in [0.3, 0.4) is 0 Å². The normalized spacial score (nSPS) is 12.2. The molecule has 4 heteroatoms. The lowest BCUT2D eigenvalue weighted by Crippen LogP contribution is -2.27. The van der Waals surface area contributed by atoms with Gasteiger partial charge in [-0.05, 0) is 18.1 Å². The van der Waals surface area contributed by atoms with Gasteiger partial charge in [0.2, 0.25) is 5.91 Å². The van der Waals surface area contributed by atoms with E-state index in [0.29, 0.717) is 13.2 Å². The van der Waals surface area contributed by atoms with Crippen LogP contribution in [-0.4, -0.2) is 19.6 Å². The quantitative estimate of drug-likeness (QED) is 0.803. The molecule has 1 unspecified atom stereocenters. The van der Waals surface area contributed by atoms with Crippen molar-refractivity contribution in [3.05, 3.63) is 35.4 Å². The Kier molecular flexibility index (Phi) is 5.29. The van der Waals surface area contributed by atoms with Gasteiger partial charge in [-0.3, -0.25) is 4.79 Å². The number of amides is 1. The number of benzene rings is 1. The van der Waals surface area contributed by atoms with Crippen LogP contribution in [0.2, 0.25) is 0 Å². The average Bonchev–Trinajstić information content (AvgIpc) is 2.29. The number of ether oxygens (including phenoxy) is 1. The van der Waals surface area contributed by atoms with Crippen molar-refractivity contribution in [3.8, 4) is 0 Å². The van der Waals surface area contributed by atoms with Gasteiger partial charge in [-0.2, -0.15) is 0 Å². The Morgan fingerprint density at radius 1 is 1.50 bits per heavy atom. The van der Waals surface area contributed by atoms with Gasteiger partial charge in [0.15, 0.2) is 0 Å². The third-order valence-corrected chi connectivity index (χ3v) is 2.64. The number of carbonyl (C=O) groups is 1. The molecule has 1 N–H and O–H groups in total. The molecule has 0 aliphatic rings. The molecule has 0 fully saturated rings. The lowest BCUT2D eigenvalue weighted by Gasteiger charge is -2.13. The molecule has 3 nitrogen and oxygen atoms in total. The first-order valence-corrected chi connectivity index (χ1v) is 5.62.